The van der Waals surface area contributed by atoms with Crippen LogP contribution in [-0.2, 0) is 20.7 Å². The van der Waals surface area contributed by atoms with E-state index in [1.165, 1.54) is 4.90 Å². The van der Waals surface area contributed by atoms with E-state index in [1.807, 2.05) is 37.3 Å². The molecule has 0 aliphatic carbocycles. The Hall–Kier alpha value is -3.32. The van der Waals surface area contributed by atoms with Crippen LogP contribution in [-0.4, -0.2) is 54.7 Å². The summed E-state index contributed by atoms with van der Waals surface area (Å²) in [5, 5.41) is 11.3. The second kappa shape index (κ2) is 10.3. The van der Waals surface area contributed by atoms with E-state index in [1.54, 1.807) is 19.2 Å². The van der Waals surface area contributed by atoms with Crippen molar-refractivity contribution in [3.63, 3.8) is 0 Å². The number of carbonyl (C=O) groups is 2. The Labute approximate surface area is 199 Å². The molecule has 1 N–H and O–H groups in total. The number of hydrogen-bond donors (Lipinski definition) is 1. The summed E-state index contributed by atoms with van der Waals surface area (Å²) in [7, 11) is 1.54. The van der Waals surface area contributed by atoms with Crippen LogP contribution >= 0.6 is 0 Å². The summed E-state index contributed by atoms with van der Waals surface area (Å²) in [6, 6.07) is 12.0. The highest BCUT2D eigenvalue weighted by Gasteiger charge is 2.46. The van der Waals surface area contributed by atoms with Gasteiger partial charge in [0, 0.05) is 25.6 Å². The highest BCUT2D eigenvalue weighted by Crippen LogP contribution is 2.41. The minimum atomic E-state index is -0.742. The summed E-state index contributed by atoms with van der Waals surface area (Å²) in [6.45, 7) is 5.15. The number of fused-ring (bicyclic) bond motifs is 1. The van der Waals surface area contributed by atoms with Gasteiger partial charge in [0.1, 0.15) is 23.4 Å². The van der Waals surface area contributed by atoms with E-state index in [2.05, 4.69) is 6.92 Å². The number of ether oxygens (including phenoxy) is 3. The number of amides is 1. The summed E-state index contributed by atoms with van der Waals surface area (Å²) in [5.74, 6) is -0.118. The molecule has 34 heavy (non-hydrogen) atoms. The molecular formula is C27H31NO6. The molecule has 0 bridgehead atoms. The minimum absolute atomic E-state index is 0.0578. The third-order valence-corrected chi connectivity index (χ3v) is 6.19. The molecule has 180 valence electrons. The molecule has 1 saturated heterocycles. The van der Waals surface area contributed by atoms with Crippen molar-refractivity contribution in [3.8, 4) is 11.5 Å². The van der Waals surface area contributed by atoms with Crippen molar-refractivity contribution in [3.05, 3.63) is 64.7 Å². The van der Waals surface area contributed by atoms with E-state index >= 15 is 0 Å². The first kappa shape index (κ1) is 23.8. The Morgan fingerprint density at radius 2 is 2.00 bits per heavy atom. The van der Waals surface area contributed by atoms with Gasteiger partial charge >= 0.3 is 0 Å². The molecule has 2 aromatic carbocycles. The van der Waals surface area contributed by atoms with Crippen LogP contribution in [0.15, 0.2) is 48.0 Å². The first-order valence-electron chi connectivity index (χ1n) is 11.7. The van der Waals surface area contributed by atoms with Gasteiger partial charge in [0.25, 0.3) is 11.7 Å². The fourth-order valence-corrected chi connectivity index (χ4v) is 4.48. The average molecular weight is 466 g/mol. The smallest absolute Gasteiger partial charge is 0.295 e. The molecule has 7 heteroatoms. The summed E-state index contributed by atoms with van der Waals surface area (Å²) in [5.41, 5.74) is 2.22. The number of hydrogen-bond acceptors (Lipinski definition) is 6. The average Bonchev–Trinajstić information content (AvgIpc) is 3.33. The molecule has 2 aromatic rings. The number of methoxy groups -OCH3 is 1. The number of ketones is 1. The SMILES string of the molecule is CCCCOc1cccc([C@@H]2/C(=C(\O)c3ccc4c(c3)C[C@@H](C)O4)C(=O)C(=O)N2CCOC)c1. The maximum absolute atomic E-state index is 13.2. The number of rotatable bonds is 9. The fraction of sp³-hybridized carbons (Fsp3) is 0.407. The Balaban J connectivity index is 1.77. The summed E-state index contributed by atoms with van der Waals surface area (Å²) < 4.78 is 16.8. The minimum Gasteiger partial charge on any atom is -0.507 e. The number of aliphatic hydroxyl groups is 1. The van der Waals surface area contributed by atoms with Gasteiger partial charge in [-0.1, -0.05) is 25.5 Å². The monoisotopic (exact) mass is 465 g/mol. The van der Waals surface area contributed by atoms with E-state index in [0.717, 1.165) is 30.6 Å². The molecule has 4 rings (SSSR count). The van der Waals surface area contributed by atoms with E-state index < -0.39 is 17.7 Å². The number of likely N-dealkylation sites (tertiary alicyclic amines) is 1. The quantitative estimate of drug-likeness (QED) is 0.258. The van der Waals surface area contributed by atoms with Crippen molar-refractivity contribution in [2.24, 2.45) is 0 Å². The zero-order valence-electron chi connectivity index (χ0n) is 19.9. The number of benzene rings is 2. The maximum atomic E-state index is 13.2. The normalized spacial score (nSPS) is 21.0. The van der Waals surface area contributed by atoms with Gasteiger partial charge in [-0.25, -0.2) is 0 Å². The zero-order valence-corrected chi connectivity index (χ0v) is 19.9. The second-order valence-corrected chi connectivity index (χ2v) is 8.71. The third kappa shape index (κ3) is 4.66. The van der Waals surface area contributed by atoms with Crippen LogP contribution in [0, 0.1) is 0 Å². The largest absolute Gasteiger partial charge is 0.507 e. The third-order valence-electron chi connectivity index (χ3n) is 6.19. The fourth-order valence-electron chi connectivity index (χ4n) is 4.48. The second-order valence-electron chi connectivity index (χ2n) is 8.71. The van der Waals surface area contributed by atoms with Gasteiger partial charge in [0.05, 0.1) is 24.8 Å². The van der Waals surface area contributed by atoms with Gasteiger partial charge < -0.3 is 24.2 Å². The van der Waals surface area contributed by atoms with Gasteiger partial charge in [-0.05, 0) is 54.8 Å². The topological polar surface area (TPSA) is 85.3 Å². The Morgan fingerprint density at radius 3 is 2.76 bits per heavy atom. The molecule has 2 aliphatic heterocycles. The maximum Gasteiger partial charge on any atom is 0.295 e. The van der Waals surface area contributed by atoms with E-state index in [9.17, 15) is 14.7 Å². The van der Waals surface area contributed by atoms with Crippen molar-refractivity contribution in [1.29, 1.82) is 0 Å². The van der Waals surface area contributed by atoms with Crippen LogP contribution in [0.1, 0.15) is 49.4 Å². The molecular weight excluding hydrogens is 434 g/mol. The predicted molar refractivity (Wildman–Crippen MR) is 128 cm³/mol. The lowest BCUT2D eigenvalue weighted by Gasteiger charge is -2.25. The number of aliphatic hydroxyl groups excluding tert-OH is 1. The molecule has 0 spiro atoms. The lowest BCUT2D eigenvalue weighted by molar-refractivity contribution is -0.140. The van der Waals surface area contributed by atoms with Crippen molar-refractivity contribution in [1.82, 2.24) is 4.90 Å². The van der Waals surface area contributed by atoms with E-state index in [-0.39, 0.29) is 30.6 Å². The van der Waals surface area contributed by atoms with Crippen molar-refractivity contribution in [2.75, 3.05) is 26.9 Å². The van der Waals surface area contributed by atoms with Gasteiger partial charge in [-0.3, -0.25) is 9.59 Å². The zero-order chi connectivity index (χ0) is 24.2. The van der Waals surface area contributed by atoms with Crippen molar-refractivity contribution in [2.45, 2.75) is 45.3 Å². The van der Waals surface area contributed by atoms with Crippen LogP contribution in [0.4, 0.5) is 0 Å². The number of unbranched alkanes of at least 4 members (excludes halogenated alkanes) is 1. The van der Waals surface area contributed by atoms with Crippen LogP contribution in [0.3, 0.4) is 0 Å². The highest BCUT2D eigenvalue weighted by atomic mass is 16.5. The molecule has 2 heterocycles. The van der Waals surface area contributed by atoms with Crippen LogP contribution < -0.4 is 9.47 Å². The van der Waals surface area contributed by atoms with Crippen molar-refractivity contribution < 1.29 is 28.9 Å². The van der Waals surface area contributed by atoms with E-state index in [4.69, 9.17) is 14.2 Å². The Morgan fingerprint density at radius 1 is 1.18 bits per heavy atom. The van der Waals surface area contributed by atoms with Crippen LogP contribution in [0.5, 0.6) is 11.5 Å². The molecule has 0 radical (unpaired) electrons. The van der Waals surface area contributed by atoms with Gasteiger partial charge in [0.15, 0.2) is 0 Å². The summed E-state index contributed by atoms with van der Waals surface area (Å²) >= 11 is 0. The molecule has 7 nitrogen and oxygen atoms in total. The number of Topliss-reactive ketones (excluding diaryl/α,β-unsaturated/α-hetero) is 1. The lowest BCUT2D eigenvalue weighted by atomic mass is 9.94. The molecule has 1 amide bonds. The first-order chi connectivity index (χ1) is 16.4. The Kier molecular flexibility index (Phi) is 7.22. The molecule has 0 saturated carbocycles. The van der Waals surface area contributed by atoms with Gasteiger partial charge in [-0.15, -0.1) is 0 Å². The number of carbonyl (C=O) groups excluding carboxylic acids is 2. The molecule has 2 aliphatic rings. The van der Waals surface area contributed by atoms with Crippen molar-refractivity contribution >= 4 is 17.4 Å². The van der Waals surface area contributed by atoms with Gasteiger partial charge in [0.2, 0.25) is 0 Å². The molecule has 0 unspecified atom stereocenters. The predicted octanol–water partition coefficient (Wildman–Crippen LogP) is 4.26. The Bertz CT molecular complexity index is 1110. The standard InChI is InChI=1S/C27H31NO6/c1-4-5-12-33-21-8-6-7-18(16-21)24-23(26(30)27(31)28(24)11-13-32-3)25(29)19-9-10-22-20(15-19)14-17(2)34-22/h6-10,15-17,24,29H,4-5,11-14H2,1-3H3/b25-23+/t17-,24-/m1/s1. The molecule has 1 fully saturated rings. The van der Waals surface area contributed by atoms with E-state index in [0.29, 0.717) is 23.5 Å². The van der Waals surface area contributed by atoms with Crippen LogP contribution in [0.2, 0.25) is 0 Å². The summed E-state index contributed by atoms with van der Waals surface area (Å²) in [6.07, 6.45) is 2.72. The lowest BCUT2D eigenvalue weighted by Crippen LogP contribution is -2.32. The molecule has 2 atom stereocenters. The van der Waals surface area contributed by atoms with Gasteiger partial charge in [-0.2, -0.15) is 0 Å². The molecule has 0 aromatic heterocycles. The first-order valence-corrected chi connectivity index (χ1v) is 11.7. The van der Waals surface area contributed by atoms with Crippen LogP contribution in [0.25, 0.3) is 5.76 Å². The highest BCUT2D eigenvalue weighted by molar-refractivity contribution is 6.46. The summed E-state index contributed by atoms with van der Waals surface area (Å²) in [4.78, 5) is 27.6. The number of nitrogens with zero attached hydrogens (tertiary/aromatic N) is 1.